The van der Waals surface area contributed by atoms with Crippen LogP contribution in [0.15, 0.2) is 65.6 Å². The SMILES string of the molecule is Cc1cccc(NC(=O)c2ccc(NS(=O)(=O)c3ccc(O)c([N+](=O)[O-])c3)cc2)n1. The van der Waals surface area contributed by atoms with Crippen molar-refractivity contribution in [1.29, 1.82) is 0 Å². The maximum atomic E-state index is 12.5. The van der Waals surface area contributed by atoms with E-state index in [4.69, 9.17) is 0 Å². The van der Waals surface area contributed by atoms with E-state index in [1.165, 1.54) is 24.3 Å². The first-order valence-corrected chi connectivity index (χ1v) is 9.99. The lowest BCUT2D eigenvalue weighted by Crippen LogP contribution is -2.15. The third kappa shape index (κ3) is 4.70. The Kier molecular flexibility index (Phi) is 5.65. The van der Waals surface area contributed by atoms with Crippen LogP contribution in [0.3, 0.4) is 0 Å². The van der Waals surface area contributed by atoms with Crippen LogP contribution in [-0.2, 0) is 10.0 Å². The van der Waals surface area contributed by atoms with Crippen LogP contribution in [0.4, 0.5) is 17.2 Å². The Morgan fingerprint density at radius 3 is 2.43 bits per heavy atom. The average Bonchev–Trinajstić information content (AvgIpc) is 2.68. The lowest BCUT2D eigenvalue weighted by molar-refractivity contribution is -0.386. The molecule has 1 amide bonds. The first-order chi connectivity index (χ1) is 14.2. The van der Waals surface area contributed by atoms with Gasteiger partial charge in [-0.1, -0.05) is 6.07 Å². The highest BCUT2D eigenvalue weighted by Crippen LogP contribution is 2.29. The molecule has 0 saturated heterocycles. The zero-order valence-corrected chi connectivity index (χ0v) is 16.4. The van der Waals surface area contributed by atoms with E-state index in [-0.39, 0.29) is 16.1 Å². The molecule has 0 spiro atoms. The number of aromatic hydroxyl groups is 1. The third-order valence-corrected chi connectivity index (χ3v) is 5.36. The number of carbonyl (C=O) groups excluding carboxylic acids is 1. The Balaban J connectivity index is 1.75. The molecular weight excluding hydrogens is 412 g/mol. The number of benzene rings is 2. The molecule has 30 heavy (non-hydrogen) atoms. The van der Waals surface area contributed by atoms with Crippen LogP contribution in [0.5, 0.6) is 5.75 Å². The molecule has 3 N–H and O–H groups in total. The van der Waals surface area contributed by atoms with Crippen LogP contribution < -0.4 is 10.0 Å². The van der Waals surface area contributed by atoms with Crippen molar-refractivity contribution in [1.82, 2.24) is 4.98 Å². The second-order valence-corrected chi connectivity index (χ2v) is 7.89. The van der Waals surface area contributed by atoms with E-state index in [0.717, 1.165) is 23.9 Å². The highest BCUT2D eigenvalue weighted by Gasteiger charge is 2.21. The van der Waals surface area contributed by atoms with Crippen molar-refractivity contribution in [2.75, 3.05) is 10.0 Å². The highest BCUT2D eigenvalue weighted by molar-refractivity contribution is 7.92. The van der Waals surface area contributed by atoms with Crippen molar-refractivity contribution in [2.45, 2.75) is 11.8 Å². The molecule has 2 aromatic carbocycles. The van der Waals surface area contributed by atoms with Gasteiger partial charge in [-0.2, -0.15) is 0 Å². The molecule has 11 heteroatoms. The maximum Gasteiger partial charge on any atom is 0.312 e. The smallest absolute Gasteiger partial charge is 0.312 e. The summed E-state index contributed by atoms with van der Waals surface area (Å²) < 4.78 is 27.2. The maximum absolute atomic E-state index is 12.5. The van der Waals surface area contributed by atoms with Crippen molar-refractivity contribution >= 4 is 33.1 Å². The van der Waals surface area contributed by atoms with Crippen molar-refractivity contribution in [2.24, 2.45) is 0 Å². The highest BCUT2D eigenvalue weighted by atomic mass is 32.2. The lowest BCUT2D eigenvalue weighted by Gasteiger charge is -2.09. The van der Waals surface area contributed by atoms with E-state index in [2.05, 4.69) is 15.0 Å². The molecule has 0 aliphatic rings. The molecule has 0 bridgehead atoms. The fourth-order valence-corrected chi connectivity index (χ4v) is 3.60. The summed E-state index contributed by atoms with van der Waals surface area (Å²) in [5, 5.41) is 23.0. The minimum absolute atomic E-state index is 0.149. The van der Waals surface area contributed by atoms with Crippen molar-refractivity contribution < 1.29 is 23.2 Å². The number of aromatic nitrogens is 1. The summed E-state index contributed by atoms with van der Waals surface area (Å²) in [5.41, 5.74) is 0.444. The number of hydrogen-bond acceptors (Lipinski definition) is 7. The van der Waals surface area contributed by atoms with E-state index in [1.807, 2.05) is 0 Å². The zero-order chi connectivity index (χ0) is 21.9. The number of hydrogen-bond donors (Lipinski definition) is 3. The number of sulfonamides is 1. The van der Waals surface area contributed by atoms with E-state index in [1.54, 1.807) is 25.1 Å². The quantitative estimate of drug-likeness (QED) is 0.403. The molecule has 3 aromatic rings. The normalized spacial score (nSPS) is 11.0. The van der Waals surface area contributed by atoms with Crippen LogP contribution in [0.25, 0.3) is 0 Å². The topological polar surface area (TPSA) is 152 Å². The minimum Gasteiger partial charge on any atom is -0.502 e. The van der Waals surface area contributed by atoms with Gasteiger partial charge in [0.05, 0.1) is 9.82 Å². The van der Waals surface area contributed by atoms with Crippen LogP contribution in [0, 0.1) is 17.0 Å². The van der Waals surface area contributed by atoms with Crippen LogP contribution >= 0.6 is 0 Å². The zero-order valence-electron chi connectivity index (χ0n) is 15.6. The Labute approximate surface area is 171 Å². The number of amides is 1. The van der Waals surface area contributed by atoms with E-state index in [0.29, 0.717) is 5.82 Å². The Morgan fingerprint density at radius 2 is 1.80 bits per heavy atom. The number of nitro benzene ring substituents is 1. The number of phenols is 1. The Bertz CT molecular complexity index is 1230. The fraction of sp³-hybridized carbons (Fsp3) is 0.0526. The monoisotopic (exact) mass is 428 g/mol. The summed E-state index contributed by atoms with van der Waals surface area (Å²) in [5.74, 6) is -0.673. The van der Waals surface area contributed by atoms with E-state index < -0.39 is 32.3 Å². The van der Waals surface area contributed by atoms with Gasteiger partial charge in [-0.25, -0.2) is 13.4 Å². The van der Waals surface area contributed by atoms with E-state index in [9.17, 15) is 28.4 Å². The van der Waals surface area contributed by atoms with Crippen molar-refractivity contribution in [3.8, 4) is 5.75 Å². The lowest BCUT2D eigenvalue weighted by atomic mass is 10.2. The number of carbonyl (C=O) groups is 1. The second-order valence-electron chi connectivity index (χ2n) is 6.21. The Hall–Kier alpha value is -3.99. The van der Waals surface area contributed by atoms with Gasteiger partial charge in [0.1, 0.15) is 5.82 Å². The number of nitrogens with zero attached hydrogens (tertiary/aromatic N) is 2. The largest absolute Gasteiger partial charge is 0.502 e. The summed E-state index contributed by atoms with van der Waals surface area (Å²) in [6.07, 6.45) is 0. The number of anilines is 2. The van der Waals surface area contributed by atoms with E-state index >= 15 is 0 Å². The molecule has 154 valence electrons. The molecule has 10 nitrogen and oxygen atoms in total. The summed E-state index contributed by atoms with van der Waals surface area (Å²) in [4.78, 5) is 26.1. The van der Waals surface area contributed by atoms with Gasteiger partial charge < -0.3 is 10.4 Å². The molecule has 0 saturated carbocycles. The summed E-state index contributed by atoms with van der Waals surface area (Å²) in [7, 11) is -4.15. The first-order valence-electron chi connectivity index (χ1n) is 8.51. The van der Waals surface area contributed by atoms with Gasteiger partial charge in [0.2, 0.25) is 0 Å². The van der Waals surface area contributed by atoms with Crippen LogP contribution in [0.2, 0.25) is 0 Å². The fourth-order valence-electron chi connectivity index (χ4n) is 2.52. The predicted molar refractivity (Wildman–Crippen MR) is 109 cm³/mol. The summed E-state index contributed by atoms with van der Waals surface area (Å²) >= 11 is 0. The standard InChI is InChI=1S/C19H16N4O6S/c1-12-3-2-4-18(20-12)21-19(25)13-5-7-14(8-6-13)22-30(28,29)15-9-10-17(24)16(11-15)23(26)27/h2-11,22,24H,1H3,(H,20,21,25). The molecule has 0 radical (unpaired) electrons. The van der Waals surface area contributed by atoms with Crippen molar-refractivity contribution in [3.05, 3.63) is 82.0 Å². The number of phenolic OH excluding ortho intramolecular Hbond substituents is 1. The molecular formula is C19H16N4O6S. The van der Waals surface area contributed by atoms with Crippen LogP contribution in [-0.4, -0.2) is 29.3 Å². The van der Waals surface area contributed by atoms with Gasteiger partial charge >= 0.3 is 5.69 Å². The van der Waals surface area contributed by atoms with Gasteiger partial charge in [-0.3, -0.25) is 19.6 Å². The van der Waals surface area contributed by atoms with Gasteiger partial charge in [0, 0.05) is 23.0 Å². The minimum atomic E-state index is -4.15. The number of nitro groups is 1. The average molecular weight is 428 g/mol. The number of pyridine rings is 1. The molecule has 0 atom stereocenters. The molecule has 0 unspecified atom stereocenters. The van der Waals surface area contributed by atoms with Crippen LogP contribution in [0.1, 0.15) is 16.1 Å². The van der Waals surface area contributed by atoms with Gasteiger partial charge in [-0.15, -0.1) is 0 Å². The molecule has 1 aromatic heterocycles. The first kappa shape index (κ1) is 20.7. The Morgan fingerprint density at radius 1 is 1.10 bits per heavy atom. The molecule has 0 aliphatic heterocycles. The number of nitrogens with one attached hydrogen (secondary N) is 2. The molecule has 3 rings (SSSR count). The summed E-state index contributed by atoms with van der Waals surface area (Å²) in [6.45, 7) is 1.79. The number of aryl methyl sites for hydroxylation is 1. The third-order valence-electron chi connectivity index (χ3n) is 3.98. The van der Waals surface area contributed by atoms with Gasteiger partial charge in [0.15, 0.2) is 5.75 Å². The van der Waals surface area contributed by atoms with Gasteiger partial charge in [0.25, 0.3) is 15.9 Å². The molecule has 0 fully saturated rings. The second kappa shape index (κ2) is 8.17. The number of rotatable bonds is 6. The molecule has 0 aliphatic carbocycles. The summed E-state index contributed by atoms with van der Waals surface area (Å²) in [6, 6.07) is 13.5. The van der Waals surface area contributed by atoms with Gasteiger partial charge in [-0.05, 0) is 55.5 Å². The predicted octanol–water partition coefficient (Wildman–Crippen LogP) is 3.06. The van der Waals surface area contributed by atoms with Crippen molar-refractivity contribution in [3.63, 3.8) is 0 Å². The molecule has 1 heterocycles.